The number of hydrogen-bond acceptors (Lipinski definition) is 7. The highest BCUT2D eigenvalue weighted by molar-refractivity contribution is 7.89. The highest BCUT2D eigenvalue weighted by Gasteiger charge is 2.25. The van der Waals surface area contributed by atoms with Gasteiger partial charge in [-0.15, -0.1) is 0 Å². The summed E-state index contributed by atoms with van der Waals surface area (Å²) in [6.07, 6.45) is 0.156. The standard InChI is InChI=1S/C12H18N6O6S/c13-12(15-18(21)22)14-8-4-7-10(11(19)16-20)17-25(23,24)9-5-2-1-3-6-9/h1-3,5-6,10,17,20H,4,7-8H2,(H,16,19)(H3,13,14,15)/t10-/m0/s1. The Bertz CT molecular complexity index is 723. The summed E-state index contributed by atoms with van der Waals surface area (Å²) >= 11 is 0. The summed E-state index contributed by atoms with van der Waals surface area (Å²) in [6.45, 7) is 0.00888. The van der Waals surface area contributed by atoms with Crippen molar-refractivity contribution in [1.29, 1.82) is 0 Å². The normalized spacial score (nSPS) is 13.1. The molecular formula is C12H18N6O6S. The maximum Gasteiger partial charge on any atom is 0.261 e. The number of hydrogen-bond donors (Lipinski definition) is 5. The minimum Gasteiger partial charge on any atom is -0.365 e. The number of carbonyl (C=O) groups is 1. The lowest BCUT2D eigenvalue weighted by Crippen LogP contribution is -2.45. The van der Waals surface area contributed by atoms with E-state index in [1.807, 2.05) is 0 Å². The van der Waals surface area contributed by atoms with Crippen molar-refractivity contribution in [3.05, 3.63) is 40.4 Å². The van der Waals surface area contributed by atoms with Gasteiger partial charge in [0, 0.05) is 6.54 Å². The number of sulfonamides is 1. The second kappa shape index (κ2) is 9.51. The molecule has 0 aliphatic heterocycles. The fourth-order valence-electron chi connectivity index (χ4n) is 1.80. The summed E-state index contributed by atoms with van der Waals surface area (Å²) in [5, 5.41) is 18.0. The van der Waals surface area contributed by atoms with Crippen LogP contribution in [0.2, 0.25) is 0 Å². The summed E-state index contributed by atoms with van der Waals surface area (Å²) < 4.78 is 26.6. The van der Waals surface area contributed by atoms with Gasteiger partial charge in [-0.05, 0) is 25.0 Å². The van der Waals surface area contributed by atoms with Gasteiger partial charge in [-0.2, -0.15) is 4.72 Å². The molecule has 1 rings (SSSR count). The SMILES string of the molecule is NC(=NCCC[C@H](NS(=O)(=O)c1ccccc1)C(=O)NO)N[N+](=O)[O-]. The molecule has 1 aromatic rings. The van der Waals surface area contributed by atoms with Crippen molar-refractivity contribution in [2.75, 3.05) is 6.54 Å². The first-order valence-electron chi connectivity index (χ1n) is 6.98. The lowest BCUT2D eigenvalue weighted by atomic mass is 10.1. The molecule has 13 heteroatoms. The Kier molecular flexibility index (Phi) is 7.71. The zero-order valence-corrected chi connectivity index (χ0v) is 13.8. The van der Waals surface area contributed by atoms with Crippen molar-refractivity contribution in [2.45, 2.75) is 23.8 Å². The third-order valence-electron chi connectivity index (χ3n) is 2.92. The molecule has 1 atom stereocenters. The van der Waals surface area contributed by atoms with Gasteiger partial charge in [-0.3, -0.25) is 10.0 Å². The molecule has 1 aromatic carbocycles. The number of nitrogens with zero attached hydrogens (tertiary/aromatic N) is 2. The van der Waals surface area contributed by atoms with Gasteiger partial charge in [0.2, 0.25) is 10.0 Å². The van der Waals surface area contributed by atoms with Gasteiger partial charge in [-0.25, -0.2) is 29.0 Å². The number of amides is 1. The quantitative estimate of drug-likeness (QED) is 0.0881. The van der Waals surface area contributed by atoms with E-state index < -0.39 is 33.0 Å². The summed E-state index contributed by atoms with van der Waals surface area (Å²) in [5.74, 6) is -1.36. The van der Waals surface area contributed by atoms with Crippen LogP contribution in [0, 0.1) is 10.1 Å². The largest absolute Gasteiger partial charge is 0.365 e. The second-order valence-corrected chi connectivity index (χ2v) is 6.46. The topological polar surface area (TPSA) is 189 Å². The first-order chi connectivity index (χ1) is 11.8. The predicted molar refractivity (Wildman–Crippen MR) is 86.3 cm³/mol. The number of nitrogens with two attached hydrogens (primary N) is 1. The van der Waals surface area contributed by atoms with E-state index in [1.54, 1.807) is 11.5 Å². The van der Waals surface area contributed by atoms with Crippen molar-refractivity contribution >= 4 is 21.9 Å². The number of benzene rings is 1. The molecule has 0 aliphatic rings. The van der Waals surface area contributed by atoms with Crippen LogP contribution in [0.1, 0.15) is 12.8 Å². The number of nitrogens with one attached hydrogen (secondary N) is 3. The summed E-state index contributed by atoms with van der Waals surface area (Å²) in [6, 6.07) is 6.13. The molecule has 0 heterocycles. The molecule has 0 saturated heterocycles. The zero-order chi connectivity index (χ0) is 18.9. The molecule has 0 aliphatic carbocycles. The molecule has 0 unspecified atom stereocenters. The molecule has 6 N–H and O–H groups in total. The van der Waals surface area contributed by atoms with Gasteiger partial charge in [0.1, 0.15) is 6.04 Å². The number of nitro groups is 1. The van der Waals surface area contributed by atoms with Crippen LogP contribution in [0.15, 0.2) is 40.2 Å². The van der Waals surface area contributed by atoms with Crippen LogP contribution in [-0.2, 0) is 14.8 Å². The average Bonchev–Trinajstić information content (AvgIpc) is 2.57. The molecular weight excluding hydrogens is 356 g/mol. The Labute approximate surface area is 143 Å². The summed E-state index contributed by atoms with van der Waals surface area (Å²) in [7, 11) is -3.97. The number of guanidine groups is 1. The van der Waals surface area contributed by atoms with Crippen LogP contribution < -0.4 is 21.4 Å². The van der Waals surface area contributed by atoms with E-state index in [4.69, 9.17) is 10.9 Å². The Hall–Kier alpha value is -2.77. The summed E-state index contributed by atoms with van der Waals surface area (Å²) in [5.41, 5.74) is 8.25. The third kappa shape index (κ3) is 7.11. The highest BCUT2D eigenvalue weighted by atomic mass is 32.2. The van der Waals surface area contributed by atoms with Crippen LogP contribution in [0.5, 0.6) is 0 Å². The molecule has 25 heavy (non-hydrogen) atoms. The first kappa shape index (κ1) is 20.3. The molecule has 0 fully saturated rings. The van der Waals surface area contributed by atoms with Crippen LogP contribution in [-0.4, -0.2) is 43.1 Å². The van der Waals surface area contributed by atoms with Crippen LogP contribution in [0.4, 0.5) is 0 Å². The molecule has 0 aromatic heterocycles. The Morgan fingerprint density at radius 1 is 1.36 bits per heavy atom. The van der Waals surface area contributed by atoms with Gasteiger partial charge < -0.3 is 5.73 Å². The van der Waals surface area contributed by atoms with Crippen molar-refractivity contribution in [1.82, 2.24) is 15.6 Å². The molecule has 138 valence electrons. The summed E-state index contributed by atoms with van der Waals surface area (Å²) in [4.78, 5) is 25.4. The number of rotatable bonds is 9. The van der Waals surface area contributed by atoms with E-state index in [2.05, 4.69) is 9.71 Å². The number of hydrazine groups is 1. The lowest BCUT2D eigenvalue weighted by molar-refractivity contribution is -0.525. The maximum absolute atomic E-state index is 12.2. The predicted octanol–water partition coefficient (Wildman–Crippen LogP) is -1.28. The average molecular weight is 374 g/mol. The smallest absolute Gasteiger partial charge is 0.261 e. The van der Waals surface area contributed by atoms with Crippen molar-refractivity contribution in [2.24, 2.45) is 10.7 Å². The number of aliphatic imine (C=N–C) groups is 1. The Morgan fingerprint density at radius 2 is 2.00 bits per heavy atom. The maximum atomic E-state index is 12.2. The van der Waals surface area contributed by atoms with E-state index in [0.29, 0.717) is 0 Å². The molecule has 0 spiro atoms. The van der Waals surface area contributed by atoms with Gasteiger partial charge >= 0.3 is 0 Å². The van der Waals surface area contributed by atoms with E-state index in [-0.39, 0.29) is 24.3 Å². The molecule has 1 amide bonds. The van der Waals surface area contributed by atoms with Crippen molar-refractivity contribution < 1.29 is 23.5 Å². The zero-order valence-electron chi connectivity index (χ0n) is 13.0. The number of hydroxylamine groups is 1. The highest BCUT2D eigenvalue weighted by Crippen LogP contribution is 2.10. The van der Waals surface area contributed by atoms with Crippen LogP contribution in [0.3, 0.4) is 0 Å². The second-order valence-electron chi connectivity index (χ2n) is 4.74. The minimum absolute atomic E-state index is 0.00888. The fraction of sp³-hybridized carbons (Fsp3) is 0.333. The van der Waals surface area contributed by atoms with E-state index in [9.17, 15) is 23.3 Å². The van der Waals surface area contributed by atoms with Crippen molar-refractivity contribution in [3.8, 4) is 0 Å². The van der Waals surface area contributed by atoms with E-state index in [1.165, 1.54) is 29.7 Å². The molecule has 0 radical (unpaired) electrons. The van der Waals surface area contributed by atoms with E-state index in [0.717, 1.165) is 0 Å². The van der Waals surface area contributed by atoms with Crippen LogP contribution in [0.25, 0.3) is 0 Å². The van der Waals surface area contributed by atoms with E-state index >= 15 is 0 Å². The third-order valence-corrected chi connectivity index (χ3v) is 4.40. The molecule has 0 bridgehead atoms. The molecule has 0 saturated carbocycles. The van der Waals surface area contributed by atoms with Gasteiger partial charge in [0.15, 0.2) is 5.03 Å². The fourth-order valence-corrected chi connectivity index (χ4v) is 3.05. The van der Waals surface area contributed by atoms with Crippen LogP contribution >= 0.6 is 0 Å². The van der Waals surface area contributed by atoms with Crippen molar-refractivity contribution in [3.63, 3.8) is 0 Å². The van der Waals surface area contributed by atoms with Gasteiger partial charge in [-0.1, -0.05) is 23.6 Å². The molecule has 12 nitrogen and oxygen atoms in total. The minimum atomic E-state index is -3.97. The Morgan fingerprint density at radius 3 is 2.56 bits per heavy atom. The monoisotopic (exact) mass is 374 g/mol. The van der Waals surface area contributed by atoms with Gasteiger partial charge in [0.25, 0.3) is 11.9 Å². The number of carbonyl (C=O) groups excluding carboxylic acids is 1. The van der Waals surface area contributed by atoms with Gasteiger partial charge in [0.05, 0.1) is 4.90 Å². The first-order valence-corrected chi connectivity index (χ1v) is 8.47. The Balaban J connectivity index is 2.69. The lowest BCUT2D eigenvalue weighted by Gasteiger charge is -2.16.